The van der Waals surface area contributed by atoms with Gasteiger partial charge in [0.2, 0.25) is 0 Å². The summed E-state index contributed by atoms with van der Waals surface area (Å²) in [5.41, 5.74) is -2.46. The van der Waals surface area contributed by atoms with E-state index in [1.807, 2.05) is 0 Å². The molecule has 0 bridgehead atoms. The van der Waals surface area contributed by atoms with Crippen LogP contribution in [0, 0.1) is 0 Å². The van der Waals surface area contributed by atoms with E-state index < -0.39 is 23.3 Å². The Morgan fingerprint density at radius 1 is 1.29 bits per heavy atom. The molecule has 6 heteroatoms. The fraction of sp³-hybridized carbons (Fsp3) is 0.364. The largest absolute Gasteiger partial charge is 0.478 e. The Morgan fingerprint density at radius 3 is 2.35 bits per heavy atom. The van der Waals surface area contributed by atoms with Crippen molar-refractivity contribution in [2.75, 3.05) is 0 Å². The zero-order valence-corrected chi connectivity index (χ0v) is 9.21. The predicted octanol–water partition coefficient (Wildman–Crippen LogP) is 2.95. The highest BCUT2D eigenvalue weighted by molar-refractivity contribution is 5.76. The van der Waals surface area contributed by atoms with Gasteiger partial charge in [-0.1, -0.05) is 6.07 Å². The molecule has 1 rings (SSSR count). The molecule has 0 saturated heterocycles. The number of ether oxygens (including phenoxy) is 1. The van der Waals surface area contributed by atoms with Gasteiger partial charge in [0.25, 0.3) is 0 Å². The predicted molar refractivity (Wildman–Crippen MR) is 53.8 cm³/mol. The van der Waals surface area contributed by atoms with Crippen LogP contribution in [0.2, 0.25) is 0 Å². The number of benzene rings is 1. The van der Waals surface area contributed by atoms with Crippen molar-refractivity contribution in [1.29, 1.82) is 0 Å². The van der Waals surface area contributed by atoms with Crippen molar-refractivity contribution in [3.8, 4) is 5.75 Å². The van der Waals surface area contributed by atoms with Crippen LogP contribution in [0.3, 0.4) is 0 Å². The quantitative estimate of drug-likeness (QED) is 0.894. The van der Waals surface area contributed by atoms with Crippen LogP contribution in [0.1, 0.15) is 19.4 Å². The molecule has 3 nitrogen and oxygen atoms in total. The molecule has 0 unspecified atom stereocenters. The number of alkyl halides is 3. The van der Waals surface area contributed by atoms with Gasteiger partial charge < -0.3 is 9.84 Å². The highest BCUT2D eigenvalue weighted by Crippen LogP contribution is 2.32. The first-order chi connectivity index (χ1) is 7.63. The van der Waals surface area contributed by atoms with Gasteiger partial charge in [-0.15, -0.1) is 0 Å². The minimum Gasteiger partial charge on any atom is -0.478 e. The second kappa shape index (κ2) is 4.27. The number of carboxylic acid groups (broad SMARTS) is 1. The number of hydrogen-bond donors (Lipinski definition) is 1. The average molecular weight is 248 g/mol. The van der Waals surface area contributed by atoms with Crippen molar-refractivity contribution in [3.05, 3.63) is 29.8 Å². The zero-order chi connectivity index (χ0) is 13.3. The van der Waals surface area contributed by atoms with E-state index in [9.17, 15) is 18.0 Å². The summed E-state index contributed by atoms with van der Waals surface area (Å²) in [7, 11) is 0. The first-order valence-corrected chi connectivity index (χ1v) is 4.72. The standard InChI is InChI=1S/C11H11F3O3/c1-10(2,9(15)16)17-8-5-3-4-7(6-8)11(12,13)14/h3-6H,1-2H3,(H,15,16). The Morgan fingerprint density at radius 2 is 1.88 bits per heavy atom. The number of halogens is 3. The van der Waals surface area contributed by atoms with Crippen LogP contribution < -0.4 is 4.74 Å². The van der Waals surface area contributed by atoms with Gasteiger partial charge in [-0.2, -0.15) is 13.2 Å². The van der Waals surface area contributed by atoms with Gasteiger partial charge in [-0.25, -0.2) is 4.79 Å². The molecule has 0 radical (unpaired) electrons. The van der Waals surface area contributed by atoms with Crippen molar-refractivity contribution in [3.63, 3.8) is 0 Å². The first-order valence-electron chi connectivity index (χ1n) is 4.72. The fourth-order valence-electron chi connectivity index (χ4n) is 1.07. The molecule has 0 aliphatic carbocycles. The van der Waals surface area contributed by atoms with Gasteiger partial charge in [-0.3, -0.25) is 0 Å². The molecule has 1 aromatic carbocycles. The number of rotatable bonds is 3. The van der Waals surface area contributed by atoms with Crippen LogP contribution in [0.25, 0.3) is 0 Å². The Kier molecular flexibility index (Phi) is 3.35. The van der Waals surface area contributed by atoms with Crippen molar-refractivity contribution < 1.29 is 27.8 Å². The maximum absolute atomic E-state index is 12.4. The normalized spacial score (nSPS) is 12.3. The Balaban J connectivity index is 2.98. The number of aliphatic carboxylic acids is 1. The van der Waals surface area contributed by atoms with Gasteiger partial charge in [-0.05, 0) is 32.0 Å². The lowest BCUT2D eigenvalue weighted by Gasteiger charge is -2.22. The van der Waals surface area contributed by atoms with E-state index in [4.69, 9.17) is 9.84 Å². The second-order valence-electron chi connectivity index (χ2n) is 3.94. The van der Waals surface area contributed by atoms with E-state index in [0.717, 1.165) is 18.2 Å². The molecule has 0 aliphatic heterocycles. The van der Waals surface area contributed by atoms with E-state index >= 15 is 0 Å². The minimum absolute atomic E-state index is 0.132. The molecule has 0 saturated carbocycles. The third kappa shape index (κ3) is 3.37. The minimum atomic E-state index is -4.48. The van der Waals surface area contributed by atoms with Gasteiger partial charge in [0, 0.05) is 0 Å². The highest BCUT2D eigenvalue weighted by atomic mass is 19.4. The summed E-state index contributed by atoms with van der Waals surface area (Å²) in [5.74, 6) is -1.39. The summed E-state index contributed by atoms with van der Waals surface area (Å²) in [5, 5.41) is 8.78. The Bertz CT molecular complexity index is 424. The van der Waals surface area contributed by atoms with E-state index in [1.54, 1.807) is 0 Å². The van der Waals surface area contributed by atoms with Crippen LogP contribution in [-0.4, -0.2) is 16.7 Å². The Labute approximate surface area is 95.8 Å². The summed E-state index contributed by atoms with van der Waals surface area (Å²) in [6.07, 6.45) is -4.48. The highest BCUT2D eigenvalue weighted by Gasteiger charge is 2.33. The first kappa shape index (κ1) is 13.3. The molecule has 1 aromatic rings. The summed E-state index contributed by atoms with van der Waals surface area (Å²) >= 11 is 0. The van der Waals surface area contributed by atoms with Crippen LogP contribution in [0.15, 0.2) is 24.3 Å². The Hall–Kier alpha value is -1.72. The fourth-order valence-corrected chi connectivity index (χ4v) is 1.07. The molecular weight excluding hydrogens is 237 g/mol. The molecule has 0 aromatic heterocycles. The van der Waals surface area contributed by atoms with E-state index in [2.05, 4.69) is 0 Å². The third-order valence-corrected chi connectivity index (χ3v) is 2.05. The monoisotopic (exact) mass is 248 g/mol. The summed E-state index contributed by atoms with van der Waals surface area (Å²) < 4.78 is 42.2. The van der Waals surface area contributed by atoms with E-state index in [0.29, 0.717) is 0 Å². The van der Waals surface area contributed by atoms with Gasteiger partial charge in [0.05, 0.1) is 5.56 Å². The molecule has 94 valence electrons. The lowest BCUT2D eigenvalue weighted by molar-refractivity contribution is -0.152. The molecule has 0 heterocycles. The molecule has 0 amide bonds. The summed E-state index contributed by atoms with van der Waals surface area (Å²) in [6.45, 7) is 2.52. The molecule has 0 aliphatic rings. The van der Waals surface area contributed by atoms with Gasteiger partial charge in [0.15, 0.2) is 5.60 Å². The zero-order valence-electron chi connectivity index (χ0n) is 9.21. The lowest BCUT2D eigenvalue weighted by Crippen LogP contribution is -2.37. The number of carboxylic acids is 1. The SMILES string of the molecule is CC(C)(Oc1cccc(C(F)(F)F)c1)C(=O)O. The van der Waals surface area contributed by atoms with E-state index in [-0.39, 0.29) is 5.75 Å². The van der Waals surface area contributed by atoms with Crippen molar-refractivity contribution in [1.82, 2.24) is 0 Å². The average Bonchev–Trinajstić information content (AvgIpc) is 2.15. The molecule has 1 N–H and O–H groups in total. The van der Waals surface area contributed by atoms with Crippen LogP contribution in [-0.2, 0) is 11.0 Å². The van der Waals surface area contributed by atoms with Crippen LogP contribution in [0.4, 0.5) is 13.2 Å². The van der Waals surface area contributed by atoms with Crippen molar-refractivity contribution in [2.45, 2.75) is 25.6 Å². The maximum atomic E-state index is 12.4. The van der Waals surface area contributed by atoms with Crippen LogP contribution >= 0.6 is 0 Å². The molecule has 0 spiro atoms. The van der Waals surface area contributed by atoms with Crippen LogP contribution in [0.5, 0.6) is 5.75 Å². The smallest absolute Gasteiger partial charge is 0.416 e. The third-order valence-electron chi connectivity index (χ3n) is 2.05. The number of hydrogen-bond acceptors (Lipinski definition) is 2. The molecule has 0 fully saturated rings. The molecular formula is C11H11F3O3. The van der Waals surface area contributed by atoms with Gasteiger partial charge >= 0.3 is 12.1 Å². The van der Waals surface area contributed by atoms with Crippen molar-refractivity contribution in [2.24, 2.45) is 0 Å². The summed E-state index contributed by atoms with van der Waals surface area (Å²) in [4.78, 5) is 10.8. The second-order valence-corrected chi connectivity index (χ2v) is 3.94. The molecule has 0 atom stereocenters. The number of carbonyl (C=O) groups is 1. The summed E-state index contributed by atoms with van der Waals surface area (Å²) in [6, 6.07) is 4.10. The van der Waals surface area contributed by atoms with Gasteiger partial charge in [0.1, 0.15) is 5.75 Å². The van der Waals surface area contributed by atoms with Crippen molar-refractivity contribution >= 4 is 5.97 Å². The lowest BCUT2D eigenvalue weighted by atomic mass is 10.1. The van der Waals surface area contributed by atoms with E-state index in [1.165, 1.54) is 19.9 Å². The maximum Gasteiger partial charge on any atom is 0.416 e. The molecule has 17 heavy (non-hydrogen) atoms. The topological polar surface area (TPSA) is 46.5 Å².